The van der Waals surface area contributed by atoms with E-state index < -0.39 is 0 Å². The van der Waals surface area contributed by atoms with Gasteiger partial charge in [-0.2, -0.15) is 0 Å². The summed E-state index contributed by atoms with van der Waals surface area (Å²) < 4.78 is 10.4. The number of imidazole rings is 1. The second-order valence-corrected chi connectivity index (χ2v) is 13.2. The van der Waals surface area contributed by atoms with Crippen molar-refractivity contribution in [2.75, 3.05) is 25.1 Å². The summed E-state index contributed by atoms with van der Waals surface area (Å²) in [4.78, 5) is 16.2. The highest BCUT2D eigenvalue weighted by Gasteiger charge is 2.41. The molecule has 8 rings (SSSR count). The van der Waals surface area contributed by atoms with Crippen molar-refractivity contribution >= 4 is 33.3 Å². The quantitative estimate of drug-likeness (QED) is 0.131. The summed E-state index contributed by atoms with van der Waals surface area (Å²) in [5.41, 5.74) is 11.1. The summed E-state index contributed by atoms with van der Waals surface area (Å²) >= 11 is 0. The molecular weight excluding hydrogens is 566 g/mol. The molecule has 0 saturated carbocycles. The molecule has 5 aromatic carbocycles. The van der Waals surface area contributed by atoms with Gasteiger partial charge < -0.3 is 9.64 Å². The molecule has 0 amide bonds. The maximum absolute atomic E-state index is 13.6. The van der Waals surface area contributed by atoms with E-state index in [9.17, 15) is 4.79 Å². The molecule has 6 aromatic rings. The van der Waals surface area contributed by atoms with Crippen LogP contribution in [0.4, 0.5) is 5.69 Å². The molecule has 5 nitrogen and oxygen atoms in total. The molecule has 230 valence electrons. The third kappa shape index (κ3) is 4.86. The Morgan fingerprint density at radius 3 is 2.50 bits per heavy atom. The second-order valence-electron chi connectivity index (χ2n) is 13.2. The van der Waals surface area contributed by atoms with Crippen LogP contribution >= 0.6 is 0 Å². The number of nitrogens with zero attached hydrogens (tertiary/aromatic N) is 3. The second kappa shape index (κ2) is 11.5. The molecule has 46 heavy (non-hydrogen) atoms. The van der Waals surface area contributed by atoms with Gasteiger partial charge in [0.15, 0.2) is 17.6 Å². The molecule has 0 fully saturated rings. The third-order valence-corrected chi connectivity index (χ3v) is 10.4. The average molecular weight is 607 g/mol. The highest BCUT2D eigenvalue weighted by Crippen LogP contribution is 2.51. The van der Waals surface area contributed by atoms with Gasteiger partial charge in [0.25, 0.3) is 0 Å². The van der Waals surface area contributed by atoms with Gasteiger partial charge in [0.2, 0.25) is 12.1 Å². The van der Waals surface area contributed by atoms with Crippen LogP contribution in [-0.4, -0.2) is 30.5 Å². The highest BCUT2D eigenvalue weighted by atomic mass is 16.5. The van der Waals surface area contributed by atoms with Crippen molar-refractivity contribution in [2.24, 2.45) is 5.92 Å². The highest BCUT2D eigenvalue weighted by molar-refractivity contribution is 5.99. The summed E-state index contributed by atoms with van der Waals surface area (Å²) in [6.07, 6.45) is 4.26. The normalized spacial score (nSPS) is 16.8. The van der Waals surface area contributed by atoms with Gasteiger partial charge in [-0.25, -0.2) is 9.13 Å². The Hall–Kier alpha value is -4.90. The van der Waals surface area contributed by atoms with Crippen LogP contribution in [0.15, 0.2) is 103 Å². The van der Waals surface area contributed by atoms with E-state index in [4.69, 9.17) is 4.74 Å². The van der Waals surface area contributed by atoms with Gasteiger partial charge in [-0.3, -0.25) is 4.79 Å². The first kappa shape index (κ1) is 28.6. The molecule has 0 spiro atoms. The third-order valence-electron chi connectivity index (χ3n) is 10.4. The maximum Gasteiger partial charge on any atom is 0.245 e. The Balaban J connectivity index is 1.06. The number of aromatic nitrogens is 2. The maximum atomic E-state index is 13.6. The minimum Gasteiger partial charge on any atom is -0.495 e. The van der Waals surface area contributed by atoms with Crippen LogP contribution in [0.25, 0.3) is 21.8 Å². The largest absolute Gasteiger partial charge is 0.495 e. The van der Waals surface area contributed by atoms with Gasteiger partial charge >= 0.3 is 0 Å². The molecular formula is C41H40N3O2+. The number of Topliss-reactive ketones (excluding diaryl/α,β-unsaturated/α-hetero) is 1. The Bertz CT molecular complexity index is 2130. The summed E-state index contributed by atoms with van der Waals surface area (Å²) in [5.74, 6) is 2.08. The predicted octanol–water partition coefficient (Wildman–Crippen LogP) is 7.80. The van der Waals surface area contributed by atoms with Gasteiger partial charge in [0, 0.05) is 31.0 Å². The van der Waals surface area contributed by atoms with Crippen molar-refractivity contribution in [3.8, 4) is 5.75 Å². The van der Waals surface area contributed by atoms with E-state index in [1.54, 1.807) is 7.11 Å². The fourth-order valence-corrected chi connectivity index (χ4v) is 8.02. The lowest BCUT2D eigenvalue weighted by molar-refractivity contribution is -0.658. The van der Waals surface area contributed by atoms with E-state index in [0.717, 1.165) is 60.1 Å². The molecule has 5 heteroatoms. The van der Waals surface area contributed by atoms with Crippen molar-refractivity contribution in [3.05, 3.63) is 137 Å². The molecule has 0 radical (unpaired) electrons. The fourth-order valence-electron chi connectivity index (χ4n) is 8.02. The van der Waals surface area contributed by atoms with E-state index in [-0.39, 0.29) is 5.78 Å². The van der Waals surface area contributed by atoms with Crippen molar-refractivity contribution in [3.63, 3.8) is 0 Å². The number of carbonyl (C=O) groups excluding carboxylic acids is 1. The Labute approximate surface area is 270 Å². The smallest absolute Gasteiger partial charge is 0.245 e. The number of ether oxygens (including phenoxy) is 1. The standard InChI is InChI=1S/C41H40N3O2/c1-27-20-36-37(21-28(27)2)44(25-38(45)32-17-16-29-10-4-5-11-30(29)22-32)26-43(36)19-9-18-42-24-33-23-31-12-6-7-13-34(31)40(33)35-14-8-15-39(46-3)41(35)42/h4-8,10-17,20-22,26,33,40H,9,18-19,23-25H2,1-3H3/q+1/t33-,40+/m0/s1. The van der Waals surface area contributed by atoms with Crippen molar-refractivity contribution in [1.29, 1.82) is 0 Å². The molecule has 2 atom stereocenters. The number of ketones is 1. The number of carbonyl (C=O) groups is 1. The van der Waals surface area contributed by atoms with Crippen LogP contribution in [0.1, 0.15) is 50.5 Å². The summed E-state index contributed by atoms with van der Waals surface area (Å²) in [6, 6.07) is 34.3. The number of anilines is 1. The zero-order valence-corrected chi connectivity index (χ0v) is 26.9. The van der Waals surface area contributed by atoms with Crippen molar-refractivity contribution in [1.82, 2.24) is 4.57 Å². The lowest BCUT2D eigenvalue weighted by atomic mass is 9.81. The molecule has 0 unspecified atom stereocenters. The van der Waals surface area contributed by atoms with Crippen LogP contribution in [0.2, 0.25) is 0 Å². The number of rotatable bonds is 8. The number of hydrogen-bond acceptors (Lipinski definition) is 3. The molecule has 0 saturated heterocycles. The molecule has 1 aliphatic heterocycles. The summed E-state index contributed by atoms with van der Waals surface area (Å²) in [6.45, 7) is 7.46. The van der Waals surface area contributed by atoms with Gasteiger partial charge in [-0.15, -0.1) is 0 Å². The Morgan fingerprint density at radius 1 is 0.848 bits per heavy atom. The number of benzene rings is 5. The molecule has 2 heterocycles. The minimum absolute atomic E-state index is 0.122. The summed E-state index contributed by atoms with van der Waals surface area (Å²) in [5, 5.41) is 2.24. The Morgan fingerprint density at radius 2 is 1.63 bits per heavy atom. The monoisotopic (exact) mass is 606 g/mol. The van der Waals surface area contributed by atoms with Crippen LogP contribution in [0.5, 0.6) is 5.75 Å². The zero-order chi connectivity index (χ0) is 31.4. The van der Waals surface area contributed by atoms with Crippen LogP contribution in [0.3, 0.4) is 0 Å². The lowest BCUT2D eigenvalue weighted by Crippen LogP contribution is -2.38. The molecule has 2 aliphatic rings. The van der Waals surface area contributed by atoms with Crippen molar-refractivity contribution < 1.29 is 14.1 Å². The number of para-hydroxylation sites is 1. The predicted molar refractivity (Wildman–Crippen MR) is 185 cm³/mol. The van der Waals surface area contributed by atoms with Crippen LogP contribution in [0, 0.1) is 19.8 Å². The molecule has 0 N–H and O–H groups in total. The number of fused-ring (bicyclic) bond motifs is 7. The molecule has 1 aromatic heterocycles. The zero-order valence-electron chi connectivity index (χ0n) is 26.9. The first-order chi connectivity index (χ1) is 22.5. The van der Waals surface area contributed by atoms with Crippen LogP contribution in [-0.2, 0) is 19.5 Å². The topological polar surface area (TPSA) is 38.3 Å². The number of hydrogen-bond donors (Lipinski definition) is 0. The number of methoxy groups -OCH3 is 1. The summed E-state index contributed by atoms with van der Waals surface area (Å²) in [7, 11) is 1.79. The van der Waals surface area contributed by atoms with E-state index in [2.05, 4.69) is 101 Å². The Kier molecular flexibility index (Phi) is 7.12. The number of aryl methyl sites for hydroxylation is 3. The van der Waals surface area contributed by atoms with Gasteiger partial charge in [0.05, 0.1) is 19.3 Å². The van der Waals surface area contributed by atoms with Crippen LogP contribution < -0.4 is 14.2 Å². The first-order valence-electron chi connectivity index (χ1n) is 16.5. The van der Waals surface area contributed by atoms with Gasteiger partial charge in [-0.05, 0) is 89.0 Å². The molecule has 1 aliphatic carbocycles. The molecule has 0 bridgehead atoms. The van der Waals surface area contributed by atoms with Crippen molar-refractivity contribution in [2.45, 2.75) is 45.7 Å². The SMILES string of the molecule is COc1cccc2c1N(CCCn1c[n+](CC(=O)c3ccc4ccccc4c3)c3cc(C)c(C)cc31)C[C@@H]1Cc3ccccc3[C@H]21. The van der Waals surface area contributed by atoms with E-state index in [0.29, 0.717) is 18.4 Å². The lowest BCUT2D eigenvalue weighted by Gasteiger charge is -2.39. The van der Waals surface area contributed by atoms with Gasteiger partial charge in [-0.1, -0.05) is 72.8 Å². The van der Waals surface area contributed by atoms with E-state index in [1.165, 1.54) is 39.0 Å². The first-order valence-corrected chi connectivity index (χ1v) is 16.5. The average Bonchev–Trinajstić information content (AvgIpc) is 3.61. The van der Waals surface area contributed by atoms with E-state index in [1.807, 2.05) is 30.3 Å². The fraction of sp³-hybridized carbons (Fsp3) is 0.268. The minimum atomic E-state index is 0.122. The van der Waals surface area contributed by atoms with Gasteiger partial charge in [0.1, 0.15) is 5.75 Å². The van der Waals surface area contributed by atoms with E-state index >= 15 is 0 Å².